The van der Waals surface area contributed by atoms with Gasteiger partial charge in [0.2, 0.25) is 5.91 Å². The number of primary amides is 1. The number of rotatable bonds is 1. The normalized spacial score (nSPS) is 17.5. The van der Waals surface area contributed by atoms with Crippen LogP contribution in [0.15, 0.2) is 21.4 Å². The summed E-state index contributed by atoms with van der Waals surface area (Å²) in [5.74, 6) is -0.328. The molecule has 0 aromatic rings. The summed E-state index contributed by atoms with van der Waals surface area (Å²) in [6.45, 7) is 0.615. The van der Waals surface area contributed by atoms with Gasteiger partial charge in [0.05, 0.1) is 0 Å². The summed E-state index contributed by atoms with van der Waals surface area (Å²) in [6, 6.07) is 0. The predicted molar refractivity (Wildman–Crippen MR) is 52.0 cm³/mol. The van der Waals surface area contributed by atoms with Crippen LogP contribution in [0.4, 0.5) is 0 Å². The molecule has 0 aromatic carbocycles. The minimum Gasteiger partial charge on any atom is -0.376 e. The van der Waals surface area contributed by atoms with E-state index in [0.29, 0.717) is 12.1 Å². The Bertz CT molecular complexity index is 245. The maximum atomic E-state index is 10.8. The molecule has 1 heterocycles. The van der Waals surface area contributed by atoms with Crippen molar-refractivity contribution in [1.82, 2.24) is 4.90 Å². The van der Waals surface area contributed by atoms with Crippen molar-refractivity contribution >= 4 is 28.5 Å². The molecule has 0 radical (unpaired) electrons. The molecule has 1 rings (SSSR count). The van der Waals surface area contributed by atoms with E-state index in [1.165, 1.54) is 0 Å². The van der Waals surface area contributed by atoms with E-state index in [1.54, 1.807) is 0 Å². The SMILES string of the molecule is CN1C=CC(I)=C(C(N)=O)C1. The largest absolute Gasteiger partial charge is 0.376 e. The number of nitrogens with zero attached hydrogens (tertiary/aromatic N) is 1. The molecule has 0 saturated carbocycles. The first-order valence-electron chi connectivity index (χ1n) is 3.18. The molecule has 1 aliphatic rings. The van der Waals surface area contributed by atoms with Gasteiger partial charge in [-0.2, -0.15) is 0 Å². The second kappa shape index (κ2) is 3.25. The van der Waals surface area contributed by atoms with E-state index < -0.39 is 0 Å². The van der Waals surface area contributed by atoms with E-state index >= 15 is 0 Å². The standard InChI is InChI=1S/C7H9IN2O/c1-10-3-2-6(8)5(4-10)7(9)11/h2-3H,4H2,1H3,(H2,9,11). The van der Waals surface area contributed by atoms with Crippen molar-refractivity contribution < 1.29 is 4.79 Å². The van der Waals surface area contributed by atoms with Crippen LogP contribution in [-0.4, -0.2) is 24.4 Å². The topological polar surface area (TPSA) is 46.3 Å². The molecule has 0 aliphatic carbocycles. The Hall–Kier alpha value is -0.520. The van der Waals surface area contributed by atoms with Crippen LogP contribution in [0.25, 0.3) is 0 Å². The molecule has 60 valence electrons. The number of carbonyl (C=O) groups is 1. The van der Waals surface area contributed by atoms with E-state index in [4.69, 9.17) is 5.73 Å². The van der Waals surface area contributed by atoms with Gasteiger partial charge < -0.3 is 10.6 Å². The summed E-state index contributed by atoms with van der Waals surface area (Å²) in [7, 11) is 1.91. The lowest BCUT2D eigenvalue weighted by molar-refractivity contribution is -0.114. The zero-order chi connectivity index (χ0) is 8.43. The lowest BCUT2D eigenvalue weighted by Gasteiger charge is -2.19. The summed E-state index contributed by atoms with van der Waals surface area (Å²) in [4.78, 5) is 12.7. The third-order valence-electron chi connectivity index (χ3n) is 1.47. The van der Waals surface area contributed by atoms with Crippen molar-refractivity contribution in [3.63, 3.8) is 0 Å². The lowest BCUT2D eigenvalue weighted by Crippen LogP contribution is -2.26. The van der Waals surface area contributed by atoms with Gasteiger partial charge in [0.15, 0.2) is 0 Å². The first kappa shape index (κ1) is 8.58. The maximum Gasteiger partial charge on any atom is 0.247 e. The summed E-state index contributed by atoms with van der Waals surface area (Å²) in [6.07, 6.45) is 3.80. The van der Waals surface area contributed by atoms with Crippen LogP contribution < -0.4 is 5.73 Å². The van der Waals surface area contributed by atoms with Crippen LogP contribution in [0.1, 0.15) is 0 Å². The molecule has 0 atom stereocenters. The molecule has 4 heteroatoms. The van der Waals surface area contributed by atoms with Gasteiger partial charge in [0.25, 0.3) is 0 Å². The molecule has 0 fully saturated rings. The number of hydrogen-bond acceptors (Lipinski definition) is 2. The summed E-state index contributed by atoms with van der Waals surface area (Å²) < 4.78 is 0.938. The van der Waals surface area contributed by atoms with Crippen molar-refractivity contribution in [2.24, 2.45) is 5.73 Å². The van der Waals surface area contributed by atoms with E-state index in [0.717, 1.165) is 3.58 Å². The summed E-state index contributed by atoms with van der Waals surface area (Å²) in [5, 5.41) is 0. The van der Waals surface area contributed by atoms with Crippen molar-refractivity contribution in [2.45, 2.75) is 0 Å². The van der Waals surface area contributed by atoms with Crippen LogP contribution in [-0.2, 0) is 4.79 Å². The lowest BCUT2D eigenvalue weighted by atomic mass is 10.2. The van der Waals surface area contributed by atoms with Crippen LogP contribution in [0.5, 0.6) is 0 Å². The number of allylic oxidation sites excluding steroid dienone is 2. The monoisotopic (exact) mass is 264 g/mol. The molecule has 0 spiro atoms. The molecule has 0 bridgehead atoms. The van der Waals surface area contributed by atoms with Crippen LogP contribution in [0.2, 0.25) is 0 Å². The average Bonchev–Trinajstić information content (AvgIpc) is 1.94. The highest BCUT2D eigenvalue weighted by molar-refractivity contribution is 14.1. The Labute approximate surface area is 79.1 Å². The predicted octanol–water partition coefficient (Wildman–Crippen LogP) is 0.620. The van der Waals surface area contributed by atoms with Gasteiger partial charge in [0, 0.05) is 28.9 Å². The van der Waals surface area contributed by atoms with Gasteiger partial charge in [-0.25, -0.2) is 0 Å². The maximum absolute atomic E-state index is 10.8. The first-order valence-corrected chi connectivity index (χ1v) is 4.26. The third-order valence-corrected chi connectivity index (χ3v) is 2.48. The first-order chi connectivity index (χ1) is 5.11. The van der Waals surface area contributed by atoms with Crippen molar-refractivity contribution in [3.8, 4) is 0 Å². The number of nitrogens with two attached hydrogens (primary N) is 1. The molecule has 0 saturated heterocycles. The van der Waals surface area contributed by atoms with Crippen LogP contribution in [0.3, 0.4) is 0 Å². The Morgan fingerprint density at radius 1 is 1.82 bits per heavy atom. The highest BCUT2D eigenvalue weighted by Crippen LogP contribution is 2.19. The van der Waals surface area contributed by atoms with E-state index in [9.17, 15) is 4.79 Å². The zero-order valence-electron chi connectivity index (χ0n) is 6.17. The smallest absolute Gasteiger partial charge is 0.247 e. The molecule has 11 heavy (non-hydrogen) atoms. The molecule has 3 nitrogen and oxygen atoms in total. The van der Waals surface area contributed by atoms with Crippen LogP contribution in [0, 0.1) is 0 Å². The fourth-order valence-electron chi connectivity index (χ4n) is 0.867. The van der Waals surface area contributed by atoms with Crippen LogP contribution >= 0.6 is 22.6 Å². The highest BCUT2D eigenvalue weighted by atomic mass is 127. The van der Waals surface area contributed by atoms with Crippen molar-refractivity contribution in [1.29, 1.82) is 0 Å². The minimum absolute atomic E-state index is 0.328. The molecule has 2 N–H and O–H groups in total. The summed E-state index contributed by atoms with van der Waals surface area (Å²) >= 11 is 2.11. The Morgan fingerprint density at radius 2 is 2.45 bits per heavy atom. The highest BCUT2D eigenvalue weighted by Gasteiger charge is 2.13. The minimum atomic E-state index is -0.328. The number of hydrogen-bond donors (Lipinski definition) is 1. The molecular formula is C7H9IN2O. The van der Waals surface area contributed by atoms with E-state index in [2.05, 4.69) is 22.6 Å². The number of amides is 1. The van der Waals surface area contributed by atoms with Gasteiger partial charge >= 0.3 is 0 Å². The Kier molecular flexibility index (Phi) is 2.53. The fraction of sp³-hybridized carbons (Fsp3) is 0.286. The average molecular weight is 264 g/mol. The number of carbonyl (C=O) groups excluding carboxylic acids is 1. The number of likely N-dealkylation sites (N-methyl/N-ethyl adjacent to an activating group) is 1. The molecule has 1 aliphatic heterocycles. The Balaban J connectivity index is 2.90. The molecular weight excluding hydrogens is 255 g/mol. The van der Waals surface area contributed by atoms with Gasteiger partial charge in [-0.1, -0.05) is 0 Å². The molecule has 0 unspecified atom stereocenters. The van der Waals surface area contributed by atoms with Crippen molar-refractivity contribution in [2.75, 3.05) is 13.6 Å². The zero-order valence-corrected chi connectivity index (χ0v) is 8.33. The summed E-state index contributed by atoms with van der Waals surface area (Å²) in [5.41, 5.74) is 5.85. The van der Waals surface area contributed by atoms with Crippen molar-refractivity contribution in [3.05, 3.63) is 21.4 Å². The van der Waals surface area contributed by atoms with E-state index in [1.807, 2.05) is 24.2 Å². The second-order valence-corrected chi connectivity index (χ2v) is 3.58. The quantitative estimate of drug-likeness (QED) is 0.706. The Morgan fingerprint density at radius 3 is 2.91 bits per heavy atom. The van der Waals surface area contributed by atoms with E-state index in [-0.39, 0.29) is 5.91 Å². The van der Waals surface area contributed by atoms with Gasteiger partial charge in [-0.15, -0.1) is 0 Å². The van der Waals surface area contributed by atoms with Gasteiger partial charge in [-0.3, -0.25) is 4.79 Å². The second-order valence-electron chi connectivity index (χ2n) is 2.42. The molecule has 1 amide bonds. The fourth-order valence-corrected chi connectivity index (χ4v) is 1.46. The van der Waals surface area contributed by atoms with Gasteiger partial charge in [0.1, 0.15) is 0 Å². The third kappa shape index (κ3) is 1.95. The number of halogens is 1. The van der Waals surface area contributed by atoms with Gasteiger partial charge in [-0.05, 0) is 28.7 Å². The molecule has 0 aromatic heterocycles.